The average Bonchev–Trinajstić information content (AvgIpc) is 2.12. The maximum atomic E-state index is 10.4. The zero-order chi connectivity index (χ0) is 12.6. The second-order valence-corrected chi connectivity index (χ2v) is 4.67. The first-order chi connectivity index (χ1) is 7.45. The molecule has 0 saturated carbocycles. The van der Waals surface area contributed by atoms with Crippen molar-refractivity contribution in [2.75, 3.05) is 0 Å². The van der Waals surface area contributed by atoms with Crippen LogP contribution in [0.1, 0.15) is 53.4 Å². The molecule has 0 aromatic carbocycles. The van der Waals surface area contributed by atoms with Crippen molar-refractivity contribution >= 4 is 5.97 Å². The molecule has 0 spiro atoms. The van der Waals surface area contributed by atoms with Crippen molar-refractivity contribution in [2.24, 2.45) is 5.92 Å². The fraction of sp³-hybridized carbons (Fsp3) is 0.643. The van der Waals surface area contributed by atoms with E-state index in [9.17, 15) is 4.79 Å². The topological polar surface area (TPSA) is 37.3 Å². The molecule has 16 heavy (non-hydrogen) atoms. The van der Waals surface area contributed by atoms with Crippen molar-refractivity contribution in [3.63, 3.8) is 0 Å². The molecule has 1 unspecified atom stereocenters. The van der Waals surface area contributed by atoms with Crippen molar-refractivity contribution in [1.82, 2.24) is 0 Å². The van der Waals surface area contributed by atoms with Gasteiger partial charge in [0.1, 0.15) is 0 Å². The van der Waals surface area contributed by atoms with Crippen LogP contribution >= 0.6 is 0 Å². The lowest BCUT2D eigenvalue weighted by Crippen LogP contribution is -1.96. The number of hydrogen-bond donors (Lipinski definition) is 1. The summed E-state index contributed by atoms with van der Waals surface area (Å²) in [4.78, 5) is 10.4. The molecular formula is C14H24O2. The molecule has 0 aromatic heterocycles. The molecule has 2 nitrogen and oxygen atoms in total. The van der Waals surface area contributed by atoms with Gasteiger partial charge in [0.15, 0.2) is 0 Å². The fourth-order valence-electron chi connectivity index (χ4n) is 1.89. The standard InChI is InChI=1S/C14H24O2/c1-5-6-7-11(2)8-12(3)9-13(4)10-14(15)16/h9-11H,5-8H2,1-4H3,(H,15,16). The molecule has 0 radical (unpaired) electrons. The Kier molecular flexibility index (Phi) is 7.61. The van der Waals surface area contributed by atoms with Gasteiger partial charge in [0.25, 0.3) is 0 Å². The largest absolute Gasteiger partial charge is 0.478 e. The number of carboxylic acids is 1. The third kappa shape index (κ3) is 8.27. The van der Waals surface area contributed by atoms with Gasteiger partial charge in [-0.15, -0.1) is 0 Å². The normalized spacial score (nSPS) is 15.0. The molecule has 0 aromatic rings. The minimum Gasteiger partial charge on any atom is -0.478 e. The van der Waals surface area contributed by atoms with Gasteiger partial charge in [-0.3, -0.25) is 0 Å². The van der Waals surface area contributed by atoms with E-state index in [0.717, 1.165) is 12.0 Å². The van der Waals surface area contributed by atoms with Crippen LogP contribution in [0.3, 0.4) is 0 Å². The molecule has 0 aliphatic heterocycles. The molecule has 0 aliphatic rings. The number of carbonyl (C=O) groups is 1. The SMILES string of the molecule is CCCCC(C)CC(C)=CC(C)=CC(=O)O. The maximum Gasteiger partial charge on any atom is 0.328 e. The van der Waals surface area contributed by atoms with Gasteiger partial charge in [-0.2, -0.15) is 0 Å². The predicted molar refractivity (Wildman–Crippen MR) is 68.5 cm³/mol. The summed E-state index contributed by atoms with van der Waals surface area (Å²) in [6.07, 6.45) is 8.05. The molecule has 0 aliphatic carbocycles. The molecule has 92 valence electrons. The van der Waals surface area contributed by atoms with E-state index in [-0.39, 0.29) is 0 Å². The van der Waals surface area contributed by atoms with Gasteiger partial charge in [-0.1, -0.05) is 44.8 Å². The highest BCUT2D eigenvalue weighted by molar-refractivity contribution is 5.81. The summed E-state index contributed by atoms with van der Waals surface area (Å²) >= 11 is 0. The van der Waals surface area contributed by atoms with Crippen molar-refractivity contribution in [2.45, 2.75) is 53.4 Å². The Balaban J connectivity index is 4.18. The third-order valence-electron chi connectivity index (χ3n) is 2.55. The molecule has 0 bridgehead atoms. The second-order valence-electron chi connectivity index (χ2n) is 4.67. The molecule has 0 saturated heterocycles. The molecule has 1 atom stereocenters. The van der Waals surface area contributed by atoms with Crippen LogP contribution in [-0.4, -0.2) is 11.1 Å². The Labute approximate surface area is 99.1 Å². The molecule has 2 heteroatoms. The summed E-state index contributed by atoms with van der Waals surface area (Å²) in [5, 5.41) is 8.59. The van der Waals surface area contributed by atoms with Crippen LogP contribution in [0, 0.1) is 5.92 Å². The highest BCUT2D eigenvalue weighted by atomic mass is 16.4. The minimum absolute atomic E-state index is 0.689. The Bertz CT molecular complexity index is 274. The zero-order valence-electron chi connectivity index (χ0n) is 10.9. The highest BCUT2D eigenvalue weighted by Gasteiger charge is 2.02. The van der Waals surface area contributed by atoms with Gasteiger partial charge in [0.05, 0.1) is 0 Å². The lowest BCUT2D eigenvalue weighted by molar-refractivity contribution is -0.131. The van der Waals surface area contributed by atoms with Gasteiger partial charge in [-0.25, -0.2) is 4.79 Å². The van der Waals surface area contributed by atoms with Crippen LogP contribution in [0.4, 0.5) is 0 Å². The van der Waals surface area contributed by atoms with E-state index in [2.05, 4.69) is 20.8 Å². The fourth-order valence-corrected chi connectivity index (χ4v) is 1.89. The molecule has 0 amide bonds. The summed E-state index contributed by atoms with van der Waals surface area (Å²) in [7, 11) is 0. The summed E-state index contributed by atoms with van der Waals surface area (Å²) < 4.78 is 0. The number of hydrogen-bond acceptors (Lipinski definition) is 1. The van der Waals surface area contributed by atoms with Crippen LogP contribution in [0.2, 0.25) is 0 Å². The van der Waals surface area contributed by atoms with Gasteiger partial charge < -0.3 is 5.11 Å². The number of allylic oxidation sites excluding steroid dienone is 3. The summed E-state index contributed by atoms with van der Waals surface area (Å²) in [6, 6.07) is 0. The highest BCUT2D eigenvalue weighted by Crippen LogP contribution is 2.18. The van der Waals surface area contributed by atoms with Crippen LogP contribution in [0.15, 0.2) is 23.3 Å². The third-order valence-corrected chi connectivity index (χ3v) is 2.55. The number of aliphatic carboxylic acids is 1. The van der Waals surface area contributed by atoms with Crippen molar-refractivity contribution in [3.05, 3.63) is 23.3 Å². The smallest absolute Gasteiger partial charge is 0.328 e. The van der Waals surface area contributed by atoms with Crippen molar-refractivity contribution in [3.8, 4) is 0 Å². The van der Waals surface area contributed by atoms with E-state index in [1.807, 2.05) is 13.0 Å². The quantitative estimate of drug-likeness (QED) is 0.520. The van der Waals surface area contributed by atoms with Gasteiger partial charge in [0.2, 0.25) is 0 Å². The number of unbranched alkanes of at least 4 members (excludes halogenated alkanes) is 1. The Morgan fingerprint density at radius 1 is 1.31 bits per heavy atom. The van der Waals surface area contributed by atoms with Crippen LogP contribution < -0.4 is 0 Å². The monoisotopic (exact) mass is 224 g/mol. The molecular weight excluding hydrogens is 200 g/mol. The van der Waals surface area contributed by atoms with Crippen LogP contribution in [0.25, 0.3) is 0 Å². The van der Waals surface area contributed by atoms with E-state index < -0.39 is 5.97 Å². The summed E-state index contributed by atoms with van der Waals surface area (Å²) in [5.41, 5.74) is 2.08. The molecule has 0 rings (SSSR count). The lowest BCUT2D eigenvalue weighted by Gasteiger charge is -2.10. The first kappa shape index (κ1) is 14.9. The molecule has 0 fully saturated rings. The van der Waals surface area contributed by atoms with Gasteiger partial charge in [0, 0.05) is 6.08 Å². The maximum absolute atomic E-state index is 10.4. The van der Waals surface area contributed by atoms with Crippen LogP contribution in [0.5, 0.6) is 0 Å². The Hall–Kier alpha value is -1.05. The van der Waals surface area contributed by atoms with E-state index >= 15 is 0 Å². The average molecular weight is 224 g/mol. The molecule has 1 N–H and O–H groups in total. The first-order valence-corrected chi connectivity index (χ1v) is 6.04. The van der Waals surface area contributed by atoms with E-state index in [0.29, 0.717) is 5.92 Å². The van der Waals surface area contributed by atoms with E-state index in [4.69, 9.17) is 5.11 Å². The number of carboxylic acid groups (broad SMARTS) is 1. The van der Waals surface area contributed by atoms with Crippen LogP contribution in [-0.2, 0) is 4.79 Å². The Morgan fingerprint density at radius 2 is 1.94 bits per heavy atom. The summed E-state index contributed by atoms with van der Waals surface area (Å²) in [6.45, 7) is 8.36. The lowest BCUT2D eigenvalue weighted by atomic mass is 9.96. The Morgan fingerprint density at radius 3 is 2.44 bits per heavy atom. The predicted octanol–water partition coefficient (Wildman–Crippen LogP) is 4.18. The summed E-state index contributed by atoms with van der Waals surface area (Å²) in [5.74, 6) is -0.186. The molecule has 0 heterocycles. The van der Waals surface area contributed by atoms with Gasteiger partial charge >= 0.3 is 5.97 Å². The van der Waals surface area contributed by atoms with Gasteiger partial charge in [-0.05, 0) is 31.8 Å². The first-order valence-electron chi connectivity index (χ1n) is 6.04. The van der Waals surface area contributed by atoms with Crippen molar-refractivity contribution < 1.29 is 9.90 Å². The minimum atomic E-state index is -0.874. The van der Waals surface area contributed by atoms with E-state index in [1.165, 1.54) is 30.9 Å². The number of rotatable bonds is 7. The van der Waals surface area contributed by atoms with Crippen molar-refractivity contribution in [1.29, 1.82) is 0 Å². The second kappa shape index (κ2) is 8.14. The zero-order valence-corrected chi connectivity index (χ0v) is 10.9. The van der Waals surface area contributed by atoms with E-state index in [1.54, 1.807) is 0 Å².